The Morgan fingerprint density at radius 1 is 1.24 bits per heavy atom. The minimum Gasteiger partial charge on any atom is -0.490 e. The smallest absolute Gasteiger partial charge is 0.254 e. The van der Waals surface area contributed by atoms with Crippen LogP contribution in [0, 0.1) is 0 Å². The molecule has 2 aliphatic heterocycles. The van der Waals surface area contributed by atoms with Crippen molar-refractivity contribution >= 4 is 17.5 Å². The Balaban J connectivity index is 1.71. The maximum Gasteiger partial charge on any atom is 0.254 e. The third-order valence-electron chi connectivity index (χ3n) is 5.10. The van der Waals surface area contributed by atoms with Gasteiger partial charge in [0.2, 0.25) is 5.91 Å². The number of nitrogens with zero attached hydrogens (tertiary/aromatic N) is 2. The van der Waals surface area contributed by atoms with E-state index < -0.39 is 0 Å². The van der Waals surface area contributed by atoms with Crippen molar-refractivity contribution in [2.45, 2.75) is 12.8 Å². The van der Waals surface area contributed by atoms with Gasteiger partial charge in [0.15, 0.2) is 0 Å². The van der Waals surface area contributed by atoms with E-state index >= 15 is 0 Å². The first-order chi connectivity index (χ1) is 14.1. The lowest BCUT2D eigenvalue weighted by Crippen LogP contribution is -2.38. The number of nitrogens with one attached hydrogen (secondary N) is 1. The standard InChI is InChI=1S/C22H29N3O4/c1-3-21(26)23-19-7-6-18(22(27)25-8-4-5-17(2)16-25)15-20(19)29-14-11-24-9-12-28-13-10-24/h3,6-7,15H,1-2,4-5,8-14,16H2,(H,23,26). The second-order valence-corrected chi connectivity index (χ2v) is 7.29. The zero-order valence-corrected chi connectivity index (χ0v) is 16.8. The fraction of sp³-hybridized carbons (Fsp3) is 0.455. The second kappa shape index (κ2) is 10.2. The summed E-state index contributed by atoms with van der Waals surface area (Å²) >= 11 is 0. The molecule has 2 aliphatic rings. The zero-order chi connectivity index (χ0) is 20.6. The van der Waals surface area contributed by atoms with Gasteiger partial charge in [-0.25, -0.2) is 0 Å². The third kappa shape index (κ3) is 5.92. The van der Waals surface area contributed by atoms with E-state index in [0.29, 0.717) is 30.2 Å². The van der Waals surface area contributed by atoms with Gasteiger partial charge < -0.3 is 19.7 Å². The molecule has 1 aromatic rings. The van der Waals surface area contributed by atoms with Crippen LogP contribution in [0.5, 0.6) is 5.75 Å². The summed E-state index contributed by atoms with van der Waals surface area (Å²) in [6, 6.07) is 5.13. The van der Waals surface area contributed by atoms with Crippen LogP contribution in [0.1, 0.15) is 23.2 Å². The van der Waals surface area contributed by atoms with Crippen LogP contribution >= 0.6 is 0 Å². The van der Waals surface area contributed by atoms with E-state index in [0.717, 1.165) is 57.8 Å². The fourth-order valence-corrected chi connectivity index (χ4v) is 3.48. The molecule has 2 heterocycles. The molecule has 1 aromatic carbocycles. The average Bonchev–Trinajstić information content (AvgIpc) is 2.75. The molecule has 0 saturated carbocycles. The molecule has 0 bridgehead atoms. The van der Waals surface area contributed by atoms with Crippen molar-refractivity contribution in [2.75, 3.05) is 57.9 Å². The number of ether oxygens (including phenoxy) is 2. The summed E-state index contributed by atoms with van der Waals surface area (Å²) in [5.41, 5.74) is 2.13. The molecule has 0 radical (unpaired) electrons. The highest BCUT2D eigenvalue weighted by atomic mass is 16.5. The van der Waals surface area contributed by atoms with Crippen molar-refractivity contribution in [3.63, 3.8) is 0 Å². The minimum absolute atomic E-state index is 0.0505. The van der Waals surface area contributed by atoms with Gasteiger partial charge in [0.05, 0.1) is 18.9 Å². The predicted molar refractivity (Wildman–Crippen MR) is 112 cm³/mol. The molecule has 7 heteroatoms. The van der Waals surface area contributed by atoms with Gasteiger partial charge in [0.25, 0.3) is 5.91 Å². The summed E-state index contributed by atoms with van der Waals surface area (Å²) in [7, 11) is 0. The van der Waals surface area contributed by atoms with Crippen LogP contribution < -0.4 is 10.1 Å². The van der Waals surface area contributed by atoms with Crippen LogP contribution in [0.25, 0.3) is 0 Å². The van der Waals surface area contributed by atoms with Crippen molar-refractivity contribution in [2.24, 2.45) is 0 Å². The van der Waals surface area contributed by atoms with Crippen LogP contribution in [-0.4, -0.2) is 74.2 Å². The van der Waals surface area contributed by atoms with Gasteiger partial charge in [-0.05, 0) is 37.1 Å². The maximum absolute atomic E-state index is 12.9. The number of rotatable bonds is 7. The number of piperidine rings is 1. The molecule has 0 unspecified atom stereocenters. The molecule has 1 N–H and O–H groups in total. The van der Waals surface area contributed by atoms with E-state index in [1.807, 2.05) is 0 Å². The summed E-state index contributed by atoms with van der Waals surface area (Å²) in [6.45, 7) is 13.2. The molecule has 2 saturated heterocycles. The number of carbonyl (C=O) groups is 2. The average molecular weight is 399 g/mol. The number of morpholine rings is 1. The Morgan fingerprint density at radius 2 is 2.03 bits per heavy atom. The molecule has 156 valence electrons. The molecule has 0 atom stereocenters. The number of benzene rings is 1. The van der Waals surface area contributed by atoms with Crippen LogP contribution in [0.4, 0.5) is 5.69 Å². The van der Waals surface area contributed by atoms with Crippen LogP contribution in [0.3, 0.4) is 0 Å². The Labute approximate surface area is 171 Å². The van der Waals surface area contributed by atoms with Gasteiger partial charge in [-0.1, -0.05) is 18.7 Å². The van der Waals surface area contributed by atoms with Crippen molar-refractivity contribution in [1.82, 2.24) is 9.80 Å². The Morgan fingerprint density at radius 3 is 2.76 bits per heavy atom. The molecule has 29 heavy (non-hydrogen) atoms. The molecular weight excluding hydrogens is 370 g/mol. The van der Waals surface area contributed by atoms with Gasteiger partial charge in [-0.2, -0.15) is 0 Å². The quantitative estimate of drug-likeness (QED) is 0.563. The minimum atomic E-state index is -0.325. The van der Waals surface area contributed by atoms with Crippen molar-refractivity contribution in [3.8, 4) is 5.75 Å². The Kier molecular flexibility index (Phi) is 7.43. The highest BCUT2D eigenvalue weighted by molar-refractivity contribution is 6.01. The van der Waals surface area contributed by atoms with Gasteiger partial charge >= 0.3 is 0 Å². The normalized spacial score (nSPS) is 17.7. The zero-order valence-electron chi connectivity index (χ0n) is 16.8. The largest absolute Gasteiger partial charge is 0.490 e. The van der Waals surface area contributed by atoms with Gasteiger partial charge in [0, 0.05) is 38.3 Å². The van der Waals surface area contributed by atoms with E-state index in [-0.39, 0.29) is 11.8 Å². The highest BCUT2D eigenvalue weighted by Gasteiger charge is 2.21. The number of anilines is 1. The molecule has 2 fully saturated rings. The van der Waals surface area contributed by atoms with E-state index in [1.165, 1.54) is 6.08 Å². The van der Waals surface area contributed by atoms with E-state index in [9.17, 15) is 9.59 Å². The first-order valence-corrected chi connectivity index (χ1v) is 10.0. The van der Waals surface area contributed by atoms with E-state index in [4.69, 9.17) is 9.47 Å². The summed E-state index contributed by atoms with van der Waals surface area (Å²) in [6.07, 6.45) is 3.10. The summed E-state index contributed by atoms with van der Waals surface area (Å²) in [4.78, 5) is 28.7. The monoisotopic (exact) mass is 399 g/mol. The van der Waals surface area contributed by atoms with Crippen molar-refractivity contribution in [1.29, 1.82) is 0 Å². The van der Waals surface area contributed by atoms with E-state index in [1.54, 1.807) is 23.1 Å². The first-order valence-electron chi connectivity index (χ1n) is 10.0. The molecule has 3 rings (SSSR count). The van der Waals surface area contributed by atoms with Gasteiger partial charge in [-0.15, -0.1) is 0 Å². The van der Waals surface area contributed by atoms with Crippen molar-refractivity contribution < 1.29 is 19.1 Å². The third-order valence-corrected chi connectivity index (χ3v) is 5.10. The highest BCUT2D eigenvalue weighted by Crippen LogP contribution is 2.27. The SMILES string of the molecule is C=CC(=O)Nc1ccc(C(=O)N2CCCC(=C)C2)cc1OCCN1CCOCC1. The summed E-state index contributed by atoms with van der Waals surface area (Å²) in [5.74, 6) is 0.107. The number of amides is 2. The predicted octanol–water partition coefficient (Wildman–Crippen LogP) is 2.31. The molecule has 0 aromatic heterocycles. The van der Waals surface area contributed by atoms with E-state index in [2.05, 4.69) is 23.4 Å². The van der Waals surface area contributed by atoms with Crippen LogP contribution in [0.2, 0.25) is 0 Å². The molecule has 0 spiro atoms. The number of hydrogen-bond donors (Lipinski definition) is 1. The fourth-order valence-electron chi connectivity index (χ4n) is 3.48. The number of hydrogen-bond acceptors (Lipinski definition) is 5. The van der Waals surface area contributed by atoms with Gasteiger partial charge in [0.1, 0.15) is 12.4 Å². The van der Waals surface area contributed by atoms with Gasteiger partial charge in [-0.3, -0.25) is 14.5 Å². The lowest BCUT2D eigenvalue weighted by Gasteiger charge is -2.28. The Bertz CT molecular complexity index is 771. The first kappa shape index (κ1) is 21.1. The topological polar surface area (TPSA) is 71.1 Å². The summed E-state index contributed by atoms with van der Waals surface area (Å²) < 4.78 is 11.3. The van der Waals surface area contributed by atoms with Crippen molar-refractivity contribution in [3.05, 3.63) is 48.6 Å². The molecule has 2 amide bonds. The number of carbonyl (C=O) groups excluding carboxylic acids is 2. The lowest BCUT2D eigenvalue weighted by atomic mass is 10.0. The molecule has 0 aliphatic carbocycles. The number of likely N-dealkylation sites (tertiary alicyclic amines) is 1. The summed E-state index contributed by atoms with van der Waals surface area (Å²) in [5, 5.41) is 2.75. The second-order valence-electron chi connectivity index (χ2n) is 7.29. The molecular formula is C22H29N3O4. The Hall–Kier alpha value is -2.64. The van der Waals surface area contributed by atoms with Crippen LogP contribution in [0.15, 0.2) is 43.0 Å². The maximum atomic E-state index is 12.9. The molecule has 7 nitrogen and oxygen atoms in total. The lowest BCUT2D eigenvalue weighted by molar-refractivity contribution is -0.111. The van der Waals surface area contributed by atoms with Crippen LogP contribution in [-0.2, 0) is 9.53 Å².